The lowest BCUT2D eigenvalue weighted by Crippen LogP contribution is -2.59. The number of hydrogen-bond acceptors (Lipinski definition) is 12. The predicted molar refractivity (Wildman–Crippen MR) is 373 cm³/mol. The summed E-state index contributed by atoms with van der Waals surface area (Å²) in [5.41, 5.74) is 5.44. The molecule has 99 heavy (non-hydrogen) atoms. The average Bonchev–Trinajstić information content (AvgIpc) is 1.22. The van der Waals surface area contributed by atoms with E-state index >= 15 is 19.2 Å². The van der Waals surface area contributed by atoms with Gasteiger partial charge in [-0.15, -0.1) is 0 Å². The van der Waals surface area contributed by atoms with Crippen molar-refractivity contribution in [3.8, 4) is 11.1 Å². The molecule has 514 valence electrons. The van der Waals surface area contributed by atoms with Crippen LogP contribution in [0.5, 0.6) is 0 Å². The van der Waals surface area contributed by atoms with Crippen LogP contribution in [0.4, 0.5) is 9.59 Å². The summed E-state index contributed by atoms with van der Waals surface area (Å²) < 4.78 is 12.7. The minimum Gasteiger partial charge on any atom is -0.480 e. The van der Waals surface area contributed by atoms with Gasteiger partial charge in [-0.05, 0) is 96.2 Å². The Bertz CT molecular complexity index is 4060. The van der Waals surface area contributed by atoms with Gasteiger partial charge in [-0.1, -0.05) is 202 Å². The van der Waals surface area contributed by atoms with Crippen molar-refractivity contribution in [1.82, 2.24) is 47.1 Å². The van der Waals surface area contributed by atoms with E-state index in [-0.39, 0.29) is 38.3 Å². The van der Waals surface area contributed by atoms with Gasteiger partial charge < -0.3 is 57.1 Å². The first-order chi connectivity index (χ1) is 47.5. The molecule has 9 N–H and O–H groups in total. The largest absolute Gasteiger partial charge is 0.480 e. The van der Waals surface area contributed by atoms with E-state index in [1.54, 1.807) is 89.2 Å². The van der Waals surface area contributed by atoms with Crippen molar-refractivity contribution in [1.29, 1.82) is 0 Å². The third-order valence-electron chi connectivity index (χ3n) is 17.0. The van der Waals surface area contributed by atoms with Crippen LogP contribution in [0.3, 0.4) is 0 Å². The SMILES string of the molecule is CC(C)[C@H](NC(=O)[C@H](C)NC(=O)[C@H](Cc1cn(C(=O)OC(C)(C)C)c2ccccc12)NC(=O)[C@H](CCC(=O)NC(c1ccccc1)(c1ccccc1)c1ccccc1)NC(=O)[C@@H](Cc1ccccc1)NC(=O)CCNC(=O)OCC1c2ccccc2-c2ccccc21)C(=O)NCC(=O)O. The molecule has 1 aliphatic carbocycles. The molecule has 0 radical (unpaired) electrons. The first-order valence-electron chi connectivity index (χ1n) is 32.9. The van der Waals surface area contributed by atoms with E-state index in [2.05, 4.69) is 42.5 Å². The van der Waals surface area contributed by atoms with Gasteiger partial charge in [0.25, 0.3) is 0 Å². The molecule has 8 amide bonds. The fourth-order valence-electron chi connectivity index (χ4n) is 12.2. The Morgan fingerprint density at radius 3 is 1.59 bits per heavy atom. The monoisotopic (exact) mass is 1340 g/mol. The summed E-state index contributed by atoms with van der Waals surface area (Å²) >= 11 is 0. The van der Waals surface area contributed by atoms with Crippen LogP contribution in [0, 0.1) is 5.92 Å². The number of nitrogens with one attached hydrogen (secondary N) is 8. The topological polar surface area (TPSA) is 311 Å². The zero-order valence-corrected chi connectivity index (χ0v) is 56.0. The number of aliphatic carboxylic acids is 1. The molecule has 0 saturated carbocycles. The van der Waals surface area contributed by atoms with Crippen molar-refractivity contribution in [3.05, 3.63) is 239 Å². The molecule has 0 spiro atoms. The number of alkyl carbamates (subject to hydrolysis) is 1. The lowest BCUT2D eigenvalue weighted by Gasteiger charge is -2.37. The Morgan fingerprint density at radius 1 is 0.515 bits per heavy atom. The Kier molecular flexibility index (Phi) is 24.0. The molecule has 22 nitrogen and oxygen atoms in total. The number of para-hydroxylation sites is 1. The van der Waals surface area contributed by atoms with Crippen LogP contribution < -0.4 is 42.5 Å². The normalized spacial score (nSPS) is 13.4. The van der Waals surface area contributed by atoms with E-state index < -0.39 is 126 Å². The zero-order valence-electron chi connectivity index (χ0n) is 56.0. The van der Waals surface area contributed by atoms with Gasteiger partial charge in [-0.3, -0.25) is 42.9 Å². The van der Waals surface area contributed by atoms with E-state index in [9.17, 15) is 33.9 Å². The minimum atomic E-state index is -1.65. The molecule has 0 saturated heterocycles. The summed E-state index contributed by atoms with van der Waals surface area (Å²) in [6.07, 6.45) is -1.59. The van der Waals surface area contributed by atoms with Crippen LogP contribution in [0.15, 0.2) is 200 Å². The minimum absolute atomic E-state index is 0.0366. The third-order valence-corrected chi connectivity index (χ3v) is 17.0. The van der Waals surface area contributed by atoms with Gasteiger partial charge in [-0.2, -0.15) is 0 Å². The van der Waals surface area contributed by atoms with Crippen LogP contribution in [-0.4, -0.2) is 125 Å². The molecule has 8 aromatic rings. The lowest BCUT2D eigenvalue weighted by atomic mass is 9.77. The van der Waals surface area contributed by atoms with Gasteiger partial charge in [0.15, 0.2) is 0 Å². The molecule has 7 aromatic carbocycles. The van der Waals surface area contributed by atoms with E-state index in [0.717, 1.165) is 22.3 Å². The van der Waals surface area contributed by atoms with Crippen LogP contribution in [0.2, 0.25) is 0 Å². The fourth-order valence-corrected chi connectivity index (χ4v) is 12.2. The highest BCUT2D eigenvalue weighted by atomic mass is 16.6. The van der Waals surface area contributed by atoms with Crippen LogP contribution in [0.25, 0.3) is 22.0 Å². The molecule has 0 unspecified atom stereocenters. The van der Waals surface area contributed by atoms with Crippen molar-refractivity contribution < 1.29 is 62.5 Å². The van der Waals surface area contributed by atoms with E-state index in [0.29, 0.717) is 38.7 Å². The van der Waals surface area contributed by atoms with Gasteiger partial charge >= 0.3 is 18.2 Å². The van der Waals surface area contributed by atoms with Gasteiger partial charge in [0.05, 0.1) is 5.52 Å². The van der Waals surface area contributed by atoms with Gasteiger partial charge in [0.1, 0.15) is 54.5 Å². The lowest BCUT2D eigenvalue weighted by molar-refractivity contribution is -0.139. The van der Waals surface area contributed by atoms with Crippen molar-refractivity contribution >= 4 is 70.4 Å². The molecule has 1 aromatic heterocycles. The maximum atomic E-state index is 15.5. The Balaban J connectivity index is 1.01. The van der Waals surface area contributed by atoms with Gasteiger partial charge in [0.2, 0.25) is 41.4 Å². The zero-order chi connectivity index (χ0) is 70.8. The number of hydrogen-bond donors (Lipinski definition) is 9. The number of benzene rings is 7. The summed E-state index contributed by atoms with van der Waals surface area (Å²) in [4.78, 5) is 140. The van der Waals surface area contributed by atoms with Crippen molar-refractivity contribution in [3.63, 3.8) is 0 Å². The van der Waals surface area contributed by atoms with Crippen molar-refractivity contribution in [2.24, 2.45) is 5.92 Å². The number of aromatic nitrogens is 1. The number of carboxylic acid groups (broad SMARTS) is 1. The second kappa shape index (κ2) is 33.0. The summed E-state index contributed by atoms with van der Waals surface area (Å²) in [7, 11) is 0. The summed E-state index contributed by atoms with van der Waals surface area (Å²) in [6, 6.07) is 52.1. The molecule has 5 atom stereocenters. The number of ether oxygens (including phenoxy) is 2. The molecule has 0 aliphatic heterocycles. The first-order valence-corrected chi connectivity index (χ1v) is 32.9. The first kappa shape index (κ1) is 71.9. The number of carbonyl (C=O) groups is 10. The molecular formula is C77H83N9O13. The molecule has 0 bridgehead atoms. The number of carboxylic acids is 1. The molecule has 0 fully saturated rings. The molecular weight excluding hydrogens is 1260 g/mol. The molecule has 1 aliphatic rings. The standard InChI is InChI=1S/C77H83N9O13/c1-48(2)68(73(95)79-45-67(89)90)84-69(91)49(3)80-71(93)63(44-51-46-86(75(97)99-76(4,5)6)64-38-24-23-33-55(51)64)83-70(92)61(39-40-66(88)85-77(52-27-13-8-14-28-52,53-29-15-9-16-30-53)54-31-17-10-18-32-54)82-72(94)62(43-50-25-11-7-12-26-50)81-65(87)41-42-78-74(96)98-47-60-58-36-21-19-34-56(58)57-35-20-22-37-59(57)60/h7-38,46,48-49,60-63,68H,39-45,47H2,1-6H3,(H,78,96)(H,79,95)(H,80,93)(H,81,87)(H,82,94)(H,83,92)(H,84,91)(H,85,88)(H,89,90)/t49-,61-,62+,63-,68-/m0/s1. The van der Waals surface area contributed by atoms with E-state index in [4.69, 9.17) is 9.47 Å². The predicted octanol–water partition coefficient (Wildman–Crippen LogP) is 8.33. The Hall–Kier alpha value is -11.4. The number of nitrogens with zero attached hydrogens (tertiary/aromatic N) is 1. The average molecular weight is 1340 g/mol. The number of fused-ring (bicyclic) bond motifs is 4. The summed E-state index contributed by atoms with van der Waals surface area (Å²) in [5.74, 6) is -7.66. The highest BCUT2D eigenvalue weighted by molar-refractivity contribution is 5.98. The van der Waals surface area contributed by atoms with Crippen molar-refractivity contribution in [2.45, 2.75) is 121 Å². The number of rotatable bonds is 29. The highest BCUT2D eigenvalue weighted by Gasteiger charge is 2.40. The van der Waals surface area contributed by atoms with E-state index in [1.807, 2.05) is 140 Å². The Labute approximate surface area is 574 Å². The summed E-state index contributed by atoms with van der Waals surface area (Å²) in [5, 5.41) is 31.6. The number of carbonyl (C=O) groups excluding carboxylic acids is 9. The molecule has 9 rings (SSSR count). The Morgan fingerprint density at radius 2 is 1.02 bits per heavy atom. The fraction of sp³-hybridized carbons (Fsp3) is 0.299. The quantitative estimate of drug-likeness (QED) is 0.0199. The maximum absolute atomic E-state index is 15.5. The van der Waals surface area contributed by atoms with Crippen molar-refractivity contribution in [2.75, 3.05) is 19.7 Å². The molecule has 1 heterocycles. The second-order valence-electron chi connectivity index (χ2n) is 25.7. The molecule has 22 heteroatoms. The number of amides is 8. The van der Waals surface area contributed by atoms with Crippen LogP contribution >= 0.6 is 0 Å². The van der Waals surface area contributed by atoms with Crippen LogP contribution in [0.1, 0.15) is 106 Å². The smallest absolute Gasteiger partial charge is 0.419 e. The summed E-state index contributed by atoms with van der Waals surface area (Å²) in [6.45, 7) is 8.85. The second-order valence-corrected chi connectivity index (χ2v) is 25.7. The highest BCUT2D eigenvalue weighted by Crippen LogP contribution is 2.44. The van der Waals surface area contributed by atoms with Crippen LogP contribution in [-0.2, 0) is 66.2 Å². The van der Waals surface area contributed by atoms with E-state index in [1.165, 1.54) is 17.7 Å². The third kappa shape index (κ3) is 18.6. The van der Waals surface area contributed by atoms with Gasteiger partial charge in [0, 0.05) is 49.7 Å². The maximum Gasteiger partial charge on any atom is 0.419 e. The van der Waals surface area contributed by atoms with Gasteiger partial charge in [-0.25, -0.2) is 9.59 Å².